The molecule has 1 N–H and O–H groups in total. The molecule has 92 valence electrons. The molecule has 0 atom stereocenters. The largest absolute Gasteiger partial charge is 0.465 e. The lowest BCUT2D eigenvalue weighted by Gasteiger charge is -2.06. The third kappa shape index (κ3) is 4.56. The van der Waals surface area contributed by atoms with Gasteiger partial charge >= 0.3 is 5.97 Å². The van der Waals surface area contributed by atoms with E-state index in [4.69, 9.17) is 4.74 Å². The normalized spacial score (nSPS) is 9.82. The van der Waals surface area contributed by atoms with Gasteiger partial charge in [0.2, 0.25) is 0 Å². The van der Waals surface area contributed by atoms with Crippen molar-refractivity contribution in [1.29, 1.82) is 0 Å². The highest BCUT2D eigenvalue weighted by molar-refractivity contribution is 9.10. The first-order chi connectivity index (χ1) is 8.02. The van der Waals surface area contributed by atoms with E-state index in [9.17, 15) is 9.59 Å². The van der Waals surface area contributed by atoms with Gasteiger partial charge in [-0.2, -0.15) is 0 Å². The molecule has 0 saturated carbocycles. The summed E-state index contributed by atoms with van der Waals surface area (Å²) in [5.41, 5.74) is 1.49. The van der Waals surface area contributed by atoms with Gasteiger partial charge in [-0.25, -0.2) is 0 Å². The quantitative estimate of drug-likeness (QED) is 0.866. The molecule has 0 aromatic heterocycles. The van der Waals surface area contributed by atoms with Crippen molar-refractivity contribution in [3.05, 3.63) is 33.8 Å². The van der Waals surface area contributed by atoms with Crippen LogP contribution in [0.3, 0.4) is 0 Å². The smallest absolute Gasteiger partial charge is 0.325 e. The zero-order valence-corrected chi connectivity index (χ0v) is 11.3. The van der Waals surface area contributed by atoms with Crippen LogP contribution in [0.2, 0.25) is 0 Å². The number of nitrogens with one attached hydrogen (secondary N) is 1. The van der Waals surface area contributed by atoms with E-state index in [1.54, 1.807) is 19.1 Å². The summed E-state index contributed by atoms with van der Waals surface area (Å²) in [6, 6.07) is 5.36. The molecule has 1 aromatic carbocycles. The number of hydrogen-bond acceptors (Lipinski definition) is 3. The average molecular weight is 300 g/mol. The van der Waals surface area contributed by atoms with E-state index >= 15 is 0 Å². The van der Waals surface area contributed by atoms with Crippen molar-refractivity contribution in [1.82, 2.24) is 5.32 Å². The fourth-order valence-corrected chi connectivity index (χ4v) is 1.94. The molecule has 0 bridgehead atoms. The highest BCUT2D eigenvalue weighted by atomic mass is 79.9. The zero-order chi connectivity index (χ0) is 12.8. The Morgan fingerprint density at radius 3 is 2.65 bits per heavy atom. The van der Waals surface area contributed by atoms with Gasteiger partial charge in [-0.3, -0.25) is 9.59 Å². The molecule has 0 aliphatic carbocycles. The highest BCUT2D eigenvalue weighted by Gasteiger charge is 2.09. The maximum atomic E-state index is 11.7. The lowest BCUT2D eigenvalue weighted by Crippen LogP contribution is -2.30. The number of carbonyl (C=O) groups is 2. The van der Waals surface area contributed by atoms with Crippen LogP contribution >= 0.6 is 15.9 Å². The Morgan fingerprint density at radius 1 is 1.35 bits per heavy atom. The van der Waals surface area contributed by atoms with Gasteiger partial charge in [0.1, 0.15) is 6.54 Å². The lowest BCUT2D eigenvalue weighted by atomic mass is 10.1. The topological polar surface area (TPSA) is 55.4 Å². The summed E-state index contributed by atoms with van der Waals surface area (Å²) in [6.07, 6.45) is 0. The molecule has 0 radical (unpaired) electrons. The number of carbonyl (C=O) groups excluding carboxylic acids is 2. The maximum absolute atomic E-state index is 11.7. The van der Waals surface area contributed by atoms with E-state index in [-0.39, 0.29) is 12.5 Å². The Morgan fingerprint density at radius 2 is 2.06 bits per heavy atom. The van der Waals surface area contributed by atoms with Crippen LogP contribution < -0.4 is 5.32 Å². The first kappa shape index (κ1) is 13.7. The minimum atomic E-state index is -0.437. The zero-order valence-electron chi connectivity index (χ0n) is 9.75. The molecule has 17 heavy (non-hydrogen) atoms. The van der Waals surface area contributed by atoms with Crippen LogP contribution in [-0.4, -0.2) is 25.0 Å². The molecule has 0 fully saturated rings. The van der Waals surface area contributed by atoms with Gasteiger partial charge in [-0.05, 0) is 37.6 Å². The number of halogens is 1. The molecule has 1 rings (SSSR count). The third-order valence-corrected chi connectivity index (χ3v) is 2.46. The standard InChI is InChI=1S/C12H14BrNO3/c1-3-17-11(15)7-14-12(16)9-4-8(2)5-10(13)6-9/h4-6H,3,7H2,1-2H3,(H,14,16). The minimum Gasteiger partial charge on any atom is -0.465 e. The van der Waals surface area contributed by atoms with Crippen LogP contribution in [0.4, 0.5) is 0 Å². The molecule has 4 nitrogen and oxygen atoms in total. The summed E-state index contributed by atoms with van der Waals surface area (Å²) in [4.78, 5) is 22.8. The van der Waals surface area contributed by atoms with Crippen LogP contribution in [0, 0.1) is 6.92 Å². The van der Waals surface area contributed by atoms with Gasteiger partial charge in [-0.1, -0.05) is 15.9 Å². The molecule has 0 aliphatic heterocycles. The first-order valence-corrected chi connectivity index (χ1v) is 6.03. The predicted molar refractivity (Wildman–Crippen MR) is 67.8 cm³/mol. The number of hydrogen-bond donors (Lipinski definition) is 1. The van der Waals surface area contributed by atoms with E-state index in [2.05, 4.69) is 21.2 Å². The summed E-state index contributed by atoms with van der Waals surface area (Å²) in [5.74, 6) is -0.727. The number of amides is 1. The fraction of sp³-hybridized carbons (Fsp3) is 0.333. The first-order valence-electron chi connectivity index (χ1n) is 5.24. The fourth-order valence-electron chi connectivity index (χ4n) is 1.33. The van der Waals surface area contributed by atoms with E-state index in [0.717, 1.165) is 10.0 Å². The Hall–Kier alpha value is -1.36. The van der Waals surface area contributed by atoms with E-state index < -0.39 is 5.97 Å². The van der Waals surface area contributed by atoms with Crippen LogP contribution in [0.1, 0.15) is 22.8 Å². The van der Waals surface area contributed by atoms with Crippen LogP contribution in [0.25, 0.3) is 0 Å². The summed E-state index contributed by atoms with van der Waals surface area (Å²) in [7, 11) is 0. The molecule has 0 spiro atoms. The number of aryl methyl sites for hydroxylation is 1. The van der Waals surface area contributed by atoms with E-state index in [1.807, 2.05) is 13.0 Å². The lowest BCUT2D eigenvalue weighted by molar-refractivity contribution is -0.141. The molecule has 1 aromatic rings. The summed E-state index contributed by atoms with van der Waals surface area (Å²) in [6.45, 7) is 3.81. The van der Waals surface area contributed by atoms with Gasteiger partial charge < -0.3 is 10.1 Å². The van der Waals surface area contributed by atoms with Crippen LogP contribution in [-0.2, 0) is 9.53 Å². The van der Waals surface area contributed by atoms with Crippen molar-refractivity contribution in [2.24, 2.45) is 0 Å². The third-order valence-electron chi connectivity index (χ3n) is 2.00. The monoisotopic (exact) mass is 299 g/mol. The van der Waals surface area contributed by atoms with Gasteiger partial charge in [0.25, 0.3) is 5.91 Å². The van der Waals surface area contributed by atoms with Crippen molar-refractivity contribution >= 4 is 27.8 Å². The van der Waals surface area contributed by atoms with Crippen molar-refractivity contribution in [3.63, 3.8) is 0 Å². The Labute approximate surface area is 108 Å². The number of esters is 1. The molecule has 5 heteroatoms. The number of ether oxygens (including phenoxy) is 1. The second kappa shape index (κ2) is 6.39. The second-order valence-electron chi connectivity index (χ2n) is 3.50. The van der Waals surface area contributed by atoms with Crippen molar-refractivity contribution < 1.29 is 14.3 Å². The number of benzene rings is 1. The molecular weight excluding hydrogens is 286 g/mol. The van der Waals surface area contributed by atoms with Crippen molar-refractivity contribution in [2.75, 3.05) is 13.2 Å². The molecule has 0 unspecified atom stereocenters. The Bertz CT molecular complexity index is 412. The SMILES string of the molecule is CCOC(=O)CNC(=O)c1cc(C)cc(Br)c1. The molecule has 0 saturated heterocycles. The Balaban J connectivity index is 2.61. The second-order valence-corrected chi connectivity index (χ2v) is 4.42. The van der Waals surface area contributed by atoms with Crippen molar-refractivity contribution in [2.45, 2.75) is 13.8 Å². The van der Waals surface area contributed by atoms with Gasteiger partial charge in [-0.15, -0.1) is 0 Å². The van der Waals surface area contributed by atoms with E-state index in [0.29, 0.717) is 12.2 Å². The predicted octanol–water partition coefficient (Wildman–Crippen LogP) is 2.05. The van der Waals surface area contributed by atoms with Crippen molar-refractivity contribution in [3.8, 4) is 0 Å². The molecular formula is C12H14BrNO3. The summed E-state index contributed by atoms with van der Waals surface area (Å²) >= 11 is 3.31. The van der Waals surface area contributed by atoms with Gasteiger partial charge in [0.15, 0.2) is 0 Å². The van der Waals surface area contributed by atoms with Gasteiger partial charge in [0, 0.05) is 10.0 Å². The average Bonchev–Trinajstić information content (AvgIpc) is 2.25. The van der Waals surface area contributed by atoms with E-state index in [1.165, 1.54) is 0 Å². The van der Waals surface area contributed by atoms with Gasteiger partial charge in [0.05, 0.1) is 6.61 Å². The molecule has 0 aliphatic rings. The molecule has 0 heterocycles. The molecule has 1 amide bonds. The number of rotatable bonds is 4. The Kier molecular flexibility index (Phi) is 5.15. The maximum Gasteiger partial charge on any atom is 0.325 e. The summed E-state index contributed by atoms with van der Waals surface area (Å²) < 4.78 is 5.54. The summed E-state index contributed by atoms with van der Waals surface area (Å²) in [5, 5.41) is 2.50. The highest BCUT2D eigenvalue weighted by Crippen LogP contribution is 2.15. The minimum absolute atomic E-state index is 0.113. The van der Waals surface area contributed by atoms with Crippen LogP contribution in [0.15, 0.2) is 22.7 Å². The van der Waals surface area contributed by atoms with Crippen LogP contribution in [0.5, 0.6) is 0 Å².